The third kappa shape index (κ3) is 3.34. The molecule has 0 aliphatic rings. The summed E-state index contributed by atoms with van der Waals surface area (Å²) in [7, 11) is 1.97. The van der Waals surface area contributed by atoms with E-state index in [-0.39, 0.29) is 0 Å². The van der Waals surface area contributed by atoms with Gasteiger partial charge < -0.3 is 16.0 Å². The fourth-order valence-electron chi connectivity index (χ4n) is 1.74. The minimum absolute atomic E-state index is 0.338. The Morgan fingerprint density at radius 2 is 1.84 bits per heavy atom. The van der Waals surface area contributed by atoms with Crippen LogP contribution in [-0.2, 0) is 0 Å². The van der Waals surface area contributed by atoms with Crippen LogP contribution in [0, 0.1) is 0 Å². The lowest BCUT2D eigenvalue weighted by Gasteiger charge is -2.19. The van der Waals surface area contributed by atoms with Crippen LogP contribution in [0.25, 0.3) is 0 Å². The van der Waals surface area contributed by atoms with Crippen LogP contribution >= 0.6 is 0 Å². The Balaban J connectivity index is 2.23. The molecule has 0 atom stereocenters. The number of nitrogens with one attached hydrogen (secondary N) is 1. The Bertz CT molecular complexity index is 536. The largest absolute Gasteiger partial charge is 0.399 e. The summed E-state index contributed by atoms with van der Waals surface area (Å²) in [5.74, 6) is 1.66. The molecule has 0 bridgehead atoms. The van der Waals surface area contributed by atoms with Gasteiger partial charge in [0.15, 0.2) is 0 Å². The van der Waals surface area contributed by atoms with Crippen LogP contribution in [0.4, 0.5) is 23.0 Å². The van der Waals surface area contributed by atoms with Crippen LogP contribution in [-0.4, -0.2) is 23.1 Å². The molecule has 0 saturated heterocycles. The number of hydrogen-bond donors (Lipinski definition) is 2. The molecule has 0 fully saturated rings. The molecule has 19 heavy (non-hydrogen) atoms. The molecule has 0 amide bonds. The van der Waals surface area contributed by atoms with E-state index >= 15 is 0 Å². The highest BCUT2D eigenvalue weighted by Gasteiger charge is 2.07. The van der Waals surface area contributed by atoms with Gasteiger partial charge in [0.05, 0.1) is 0 Å². The van der Waals surface area contributed by atoms with Crippen molar-refractivity contribution < 1.29 is 0 Å². The second kappa shape index (κ2) is 5.56. The molecule has 100 valence electrons. The first-order chi connectivity index (χ1) is 9.06. The first-order valence-corrected chi connectivity index (χ1v) is 6.24. The Morgan fingerprint density at radius 1 is 1.16 bits per heavy atom. The molecule has 1 heterocycles. The van der Waals surface area contributed by atoms with E-state index in [1.165, 1.54) is 0 Å². The van der Waals surface area contributed by atoms with E-state index in [4.69, 9.17) is 5.73 Å². The number of benzene rings is 1. The molecule has 1 aromatic carbocycles. The van der Waals surface area contributed by atoms with Gasteiger partial charge >= 0.3 is 0 Å². The van der Waals surface area contributed by atoms with Crippen molar-refractivity contribution in [2.24, 2.45) is 0 Å². The lowest BCUT2D eigenvalue weighted by Crippen LogP contribution is -2.14. The lowest BCUT2D eigenvalue weighted by atomic mass is 10.2. The standard InChI is InChI=1S/C14H19N5/c1-10(2)18-13-8-14(17-9-16-13)19(3)12-6-4-11(15)5-7-12/h4-10H,15H2,1-3H3,(H,16,17,18). The normalized spacial score (nSPS) is 10.5. The SMILES string of the molecule is CC(C)Nc1cc(N(C)c2ccc(N)cc2)ncn1. The summed E-state index contributed by atoms with van der Waals surface area (Å²) in [6.07, 6.45) is 1.56. The van der Waals surface area contributed by atoms with Gasteiger partial charge in [0, 0.05) is 30.5 Å². The minimum Gasteiger partial charge on any atom is -0.399 e. The molecule has 2 rings (SSSR count). The van der Waals surface area contributed by atoms with Crippen LogP contribution in [0.1, 0.15) is 13.8 Å². The van der Waals surface area contributed by atoms with Crippen LogP contribution in [0.3, 0.4) is 0 Å². The maximum atomic E-state index is 5.69. The molecule has 0 aliphatic carbocycles. The highest BCUT2D eigenvalue weighted by Crippen LogP contribution is 2.23. The molecule has 0 spiro atoms. The zero-order valence-corrected chi connectivity index (χ0v) is 11.5. The number of nitrogens with two attached hydrogens (primary N) is 1. The maximum Gasteiger partial charge on any atom is 0.138 e. The predicted octanol–water partition coefficient (Wildman–Crippen LogP) is 2.65. The highest BCUT2D eigenvalue weighted by molar-refractivity contribution is 5.63. The number of nitrogens with zero attached hydrogens (tertiary/aromatic N) is 3. The van der Waals surface area contributed by atoms with Crippen molar-refractivity contribution in [3.63, 3.8) is 0 Å². The first-order valence-electron chi connectivity index (χ1n) is 6.24. The number of nitrogen functional groups attached to an aromatic ring is 1. The van der Waals surface area contributed by atoms with Gasteiger partial charge in [0.2, 0.25) is 0 Å². The Labute approximate surface area is 113 Å². The van der Waals surface area contributed by atoms with Crippen LogP contribution in [0.5, 0.6) is 0 Å². The maximum absolute atomic E-state index is 5.69. The second-order valence-electron chi connectivity index (χ2n) is 4.71. The van der Waals surface area contributed by atoms with E-state index in [1.807, 2.05) is 42.3 Å². The second-order valence-corrected chi connectivity index (χ2v) is 4.71. The Kier molecular flexibility index (Phi) is 3.85. The van der Waals surface area contributed by atoms with Gasteiger partial charge in [0.1, 0.15) is 18.0 Å². The zero-order chi connectivity index (χ0) is 13.8. The monoisotopic (exact) mass is 257 g/mol. The van der Waals surface area contributed by atoms with Crippen LogP contribution in [0.2, 0.25) is 0 Å². The summed E-state index contributed by atoms with van der Waals surface area (Å²) in [6, 6.07) is 9.95. The third-order valence-corrected chi connectivity index (χ3v) is 2.71. The van der Waals surface area contributed by atoms with E-state index in [0.717, 1.165) is 23.0 Å². The third-order valence-electron chi connectivity index (χ3n) is 2.71. The number of anilines is 4. The molecule has 0 unspecified atom stereocenters. The van der Waals surface area contributed by atoms with Gasteiger partial charge in [0.25, 0.3) is 0 Å². The van der Waals surface area contributed by atoms with E-state index < -0.39 is 0 Å². The average molecular weight is 257 g/mol. The van der Waals surface area contributed by atoms with Gasteiger partial charge in [-0.05, 0) is 38.1 Å². The molecule has 3 N–H and O–H groups in total. The molecule has 5 nitrogen and oxygen atoms in total. The summed E-state index contributed by atoms with van der Waals surface area (Å²) in [5.41, 5.74) is 7.47. The zero-order valence-electron chi connectivity index (χ0n) is 11.5. The molecule has 2 aromatic rings. The number of rotatable bonds is 4. The summed E-state index contributed by atoms with van der Waals surface area (Å²) < 4.78 is 0. The first kappa shape index (κ1) is 13.1. The van der Waals surface area contributed by atoms with Gasteiger partial charge in [-0.2, -0.15) is 0 Å². The molecule has 5 heteroatoms. The highest BCUT2D eigenvalue weighted by atomic mass is 15.2. The van der Waals surface area contributed by atoms with Crippen LogP contribution in [0.15, 0.2) is 36.7 Å². The van der Waals surface area contributed by atoms with Crippen molar-refractivity contribution in [1.29, 1.82) is 0 Å². The summed E-state index contributed by atoms with van der Waals surface area (Å²) >= 11 is 0. The van der Waals surface area contributed by atoms with Gasteiger partial charge in [-0.1, -0.05) is 0 Å². The van der Waals surface area contributed by atoms with Gasteiger partial charge in [-0.3, -0.25) is 0 Å². The summed E-state index contributed by atoms with van der Waals surface area (Å²) in [4.78, 5) is 10.5. The van der Waals surface area contributed by atoms with Crippen LogP contribution < -0.4 is 16.0 Å². The van der Waals surface area contributed by atoms with Gasteiger partial charge in [-0.25, -0.2) is 9.97 Å². The molecule has 0 radical (unpaired) electrons. The Morgan fingerprint density at radius 3 is 2.47 bits per heavy atom. The van der Waals surface area contributed by atoms with E-state index in [0.29, 0.717) is 6.04 Å². The molecule has 0 aliphatic heterocycles. The molecular formula is C14H19N5. The smallest absolute Gasteiger partial charge is 0.138 e. The van der Waals surface area contributed by atoms with Crippen molar-refractivity contribution in [1.82, 2.24) is 9.97 Å². The summed E-state index contributed by atoms with van der Waals surface area (Å²) in [5, 5.41) is 3.26. The molecule has 1 aromatic heterocycles. The van der Waals surface area contributed by atoms with E-state index in [1.54, 1.807) is 6.33 Å². The summed E-state index contributed by atoms with van der Waals surface area (Å²) in [6.45, 7) is 4.15. The molecular weight excluding hydrogens is 238 g/mol. The van der Waals surface area contributed by atoms with Gasteiger partial charge in [-0.15, -0.1) is 0 Å². The average Bonchev–Trinajstić information content (AvgIpc) is 2.38. The number of aromatic nitrogens is 2. The van der Waals surface area contributed by atoms with E-state index in [9.17, 15) is 0 Å². The molecule has 0 saturated carbocycles. The fraction of sp³-hybridized carbons (Fsp3) is 0.286. The van der Waals surface area contributed by atoms with E-state index in [2.05, 4.69) is 29.1 Å². The van der Waals surface area contributed by atoms with Crippen molar-refractivity contribution in [2.75, 3.05) is 23.0 Å². The van der Waals surface area contributed by atoms with Crippen molar-refractivity contribution in [2.45, 2.75) is 19.9 Å². The quantitative estimate of drug-likeness (QED) is 0.824. The number of hydrogen-bond acceptors (Lipinski definition) is 5. The van der Waals surface area contributed by atoms with Crippen molar-refractivity contribution in [3.05, 3.63) is 36.7 Å². The van der Waals surface area contributed by atoms with Crippen molar-refractivity contribution >= 4 is 23.0 Å². The Hall–Kier alpha value is -2.30. The minimum atomic E-state index is 0.338. The topological polar surface area (TPSA) is 67.1 Å². The fourth-order valence-corrected chi connectivity index (χ4v) is 1.74. The lowest BCUT2D eigenvalue weighted by molar-refractivity contribution is 0.885. The predicted molar refractivity (Wildman–Crippen MR) is 79.7 cm³/mol. The van der Waals surface area contributed by atoms with Crippen molar-refractivity contribution in [3.8, 4) is 0 Å².